The third-order valence-electron chi connectivity index (χ3n) is 3.77. The molecule has 2 aromatic carbocycles. The van der Waals surface area contributed by atoms with Crippen LogP contribution in [0.3, 0.4) is 0 Å². The molecule has 3 aromatic rings. The van der Waals surface area contributed by atoms with Crippen LogP contribution in [0.15, 0.2) is 48.8 Å². The zero-order chi connectivity index (χ0) is 16.9. The molecule has 0 fully saturated rings. The number of hydrogen-bond donors (Lipinski definition) is 1. The zero-order valence-corrected chi connectivity index (χ0v) is 14.0. The Balaban J connectivity index is 1.99. The third kappa shape index (κ3) is 3.11. The number of aromatic nitrogens is 2. The van der Waals surface area contributed by atoms with Crippen LogP contribution in [0.1, 0.15) is 30.6 Å². The van der Waals surface area contributed by atoms with Gasteiger partial charge < -0.3 is 10.1 Å². The first-order valence-corrected chi connectivity index (χ1v) is 8.22. The van der Waals surface area contributed by atoms with E-state index in [1.54, 1.807) is 6.33 Å². The summed E-state index contributed by atoms with van der Waals surface area (Å²) in [4.78, 5) is 16.5. The van der Waals surface area contributed by atoms with Crippen molar-refractivity contribution in [1.29, 1.82) is 0 Å². The number of carbonyl (C=O) groups excluding carboxylic acids is 1. The minimum Gasteiger partial charge on any atom is -0.492 e. The molecule has 5 heteroatoms. The van der Waals surface area contributed by atoms with E-state index in [9.17, 15) is 4.79 Å². The van der Waals surface area contributed by atoms with Gasteiger partial charge in [0.25, 0.3) is 5.91 Å². The predicted molar refractivity (Wildman–Crippen MR) is 94.9 cm³/mol. The van der Waals surface area contributed by atoms with Crippen molar-refractivity contribution in [2.75, 3.05) is 13.2 Å². The molecule has 24 heavy (non-hydrogen) atoms. The molecular weight excluding hydrogens is 302 g/mol. The summed E-state index contributed by atoms with van der Waals surface area (Å²) < 4.78 is 7.68. The maximum atomic E-state index is 12.1. The van der Waals surface area contributed by atoms with Crippen molar-refractivity contribution in [2.45, 2.75) is 20.3 Å². The normalized spacial score (nSPS) is 10.8. The number of rotatable bonds is 6. The van der Waals surface area contributed by atoms with Crippen LogP contribution in [-0.4, -0.2) is 28.6 Å². The maximum absolute atomic E-state index is 12.1. The Hall–Kier alpha value is -2.82. The van der Waals surface area contributed by atoms with E-state index in [0.717, 1.165) is 28.9 Å². The zero-order valence-electron chi connectivity index (χ0n) is 14.0. The fourth-order valence-corrected chi connectivity index (χ4v) is 2.62. The number of para-hydroxylation sites is 2. The molecule has 0 aliphatic rings. The lowest BCUT2D eigenvalue weighted by atomic mass is 10.2. The van der Waals surface area contributed by atoms with E-state index >= 15 is 0 Å². The molecule has 124 valence electrons. The summed E-state index contributed by atoms with van der Waals surface area (Å²) in [6, 6.07) is 13.4. The SMILES string of the molecule is CCCNC(=O)c1ccc2c(c1)ncn2-c1ccccc1OCC. The summed E-state index contributed by atoms with van der Waals surface area (Å²) in [5, 5.41) is 2.88. The lowest BCUT2D eigenvalue weighted by molar-refractivity contribution is 0.0954. The number of ether oxygens (including phenoxy) is 1. The van der Waals surface area contributed by atoms with Crippen molar-refractivity contribution < 1.29 is 9.53 Å². The first-order valence-electron chi connectivity index (χ1n) is 8.22. The van der Waals surface area contributed by atoms with Crippen LogP contribution in [0.5, 0.6) is 5.75 Å². The van der Waals surface area contributed by atoms with Gasteiger partial charge in [-0.25, -0.2) is 4.98 Å². The first-order chi connectivity index (χ1) is 11.7. The van der Waals surface area contributed by atoms with Gasteiger partial charge in [-0.05, 0) is 43.7 Å². The maximum Gasteiger partial charge on any atom is 0.251 e. The monoisotopic (exact) mass is 323 g/mol. The van der Waals surface area contributed by atoms with Gasteiger partial charge in [-0.1, -0.05) is 19.1 Å². The van der Waals surface area contributed by atoms with Gasteiger partial charge >= 0.3 is 0 Å². The van der Waals surface area contributed by atoms with Gasteiger partial charge in [-0.2, -0.15) is 0 Å². The van der Waals surface area contributed by atoms with E-state index in [0.29, 0.717) is 18.7 Å². The summed E-state index contributed by atoms with van der Waals surface area (Å²) >= 11 is 0. The Kier molecular flexibility index (Phi) is 4.79. The van der Waals surface area contributed by atoms with Crippen molar-refractivity contribution in [3.63, 3.8) is 0 Å². The molecule has 0 saturated carbocycles. The molecule has 0 radical (unpaired) electrons. The summed E-state index contributed by atoms with van der Waals surface area (Å²) in [6.07, 6.45) is 2.67. The van der Waals surface area contributed by atoms with Crippen LogP contribution in [0, 0.1) is 0 Å². The van der Waals surface area contributed by atoms with Crippen LogP contribution in [0.4, 0.5) is 0 Å². The number of amides is 1. The number of fused-ring (bicyclic) bond motifs is 1. The van der Waals surface area contributed by atoms with Crippen molar-refractivity contribution in [1.82, 2.24) is 14.9 Å². The number of carbonyl (C=O) groups is 1. The van der Waals surface area contributed by atoms with Crippen LogP contribution >= 0.6 is 0 Å². The fourth-order valence-electron chi connectivity index (χ4n) is 2.62. The van der Waals surface area contributed by atoms with Crippen LogP contribution in [0.25, 0.3) is 16.7 Å². The lowest BCUT2D eigenvalue weighted by Crippen LogP contribution is -2.23. The summed E-state index contributed by atoms with van der Waals surface area (Å²) in [5.41, 5.74) is 3.28. The molecule has 0 spiro atoms. The van der Waals surface area contributed by atoms with Gasteiger partial charge in [0.05, 0.1) is 23.3 Å². The standard InChI is InChI=1S/C19H21N3O2/c1-3-11-20-19(23)14-9-10-16-15(12-14)21-13-22(16)17-7-5-6-8-18(17)24-4-2/h5-10,12-13H,3-4,11H2,1-2H3,(H,20,23). The molecular formula is C19H21N3O2. The quantitative estimate of drug-likeness (QED) is 0.754. The van der Waals surface area contributed by atoms with E-state index in [1.807, 2.05) is 60.9 Å². The van der Waals surface area contributed by atoms with Crippen molar-refractivity contribution >= 4 is 16.9 Å². The van der Waals surface area contributed by atoms with Crippen LogP contribution in [0.2, 0.25) is 0 Å². The number of hydrogen-bond acceptors (Lipinski definition) is 3. The molecule has 1 amide bonds. The first kappa shape index (κ1) is 16.1. The largest absolute Gasteiger partial charge is 0.492 e. The molecule has 0 saturated heterocycles. The highest BCUT2D eigenvalue weighted by Gasteiger charge is 2.12. The predicted octanol–water partition coefficient (Wildman–Crippen LogP) is 3.56. The van der Waals surface area contributed by atoms with Gasteiger partial charge in [0, 0.05) is 12.1 Å². The van der Waals surface area contributed by atoms with Gasteiger partial charge in [0.15, 0.2) is 0 Å². The second kappa shape index (κ2) is 7.17. The smallest absolute Gasteiger partial charge is 0.251 e. The molecule has 0 aliphatic carbocycles. The van der Waals surface area contributed by atoms with E-state index in [-0.39, 0.29) is 5.91 Å². The second-order valence-corrected chi connectivity index (χ2v) is 5.47. The number of nitrogens with one attached hydrogen (secondary N) is 1. The average Bonchev–Trinajstić information content (AvgIpc) is 3.03. The van der Waals surface area contributed by atoms with Crippen LogP contribution < -0.4 is 10.1 Å². The molecule has 1 heterocycles. The van der Waals surface area contributed by atoms with Crippen molar-refractivity contribution in [3.05, 3.63) is 54.4 Å². The summed E-state index contributed by atoms with van der Waals surface area (Å²) in [6.45, 7) is 5.27. The lowest BCUT2D eigenvalue weighted by Gasteiger charge is -2.11. The van der Waals surface area contributed by atoms with E-state index < -0.39 is 0 Å². The van der Waals surface area contributed by atoms with Gasteiger partial charge in [-0.15, -0.1) is 0 Å². The van der Waals surface area contributed by atoms with Gasteiger partial charge in [0.1, 0.15) is 12.1 Å². The molecule has 0 unspecified atom stereocenters. The molecule has 1 N–H and O–H groups in total. The molecule has 0 bridgehead atoms. The highest BCUT2D eigenvalue weighted by molar-refractivity contribution is 5.97. The molecule has 5 nitrogen and oxygen atoms in total. The Morgan fingerprint density at radius 1 is 1.21 bits per heavy atom. The van der Waals surface area contributed by atoms with Gasteiger partial charge in [0.2, 0.25) is 0 Å². The average molecular weight is 323 g/mol. The molecule has 3 rings (SSSR count). The van der Waals surface area contributed by atoms with Crippen molar-refractivity contribution in [2.24, 2.45) is 0 Å². The minimum atomic E-state index is -0.0667. The number of benzene rings is 2. The fraction of sp³-hybridized carbons (Fsp3) is 0.263. The third-order valence-corrected chi connectivity index (χ3v) is 3.77. The Labute approximate surface area is 141 Å². The minimum absolute atomic E-state index is 0.0667. The highest BCUT2D eigenvalue weighted by Crippen LogP contribution is 2.26. The van der Waals surface area contributed by atoms with Crippen LogP contribution in [-0.2, 0) is 0 Å². The number of imidazole rings is 1. The Morgan fingerprint density at radius 2 is 2.04 bits per heavy atom. The van der Waals surface area contributed by atoms with E-state index in [2.05, 4.69) is 10.3 Å². The summed E-state index contributed by atoms with van der Waals surface area (Å²) in [7, 11) is 0. The van der Waals surface area contributed by atoms with Crippen molar-refractivity contribution in [3.8, 4) is 11.4 Å². The number of nitrogens with zero attached hydrogens (tertiary/aromatic N) is 2. The van der Waals surface area contributed by atoms with E-state index in [4.69, 9.17) is 4.74 Å². The highest BCUT2D eigenvalue weighted by atomic mass is 16.5. The second-order valence-electron chi connectivity index (χ2n) is 5.47. The van der Waals surface area contributed by atoms with E-state index in [1.165, 1.54) is 0 Å². The molecule has 1 aromatic heterocycles. The summed E-state index contributed by atoms with van der Waals surface area (Å²) in [5.74, 6) is 0.743. The topological polar surface area (TPSA) is 56.2 Å². The van der Waals surface area contributed by atoms with Gasteiger partial charge in [-0.3, -0.25) is 9.36 Å². The Morgan fingerprint density at radius 3 is 2.83 bits per heavy atom. The molecule has 0 atom stereocenters. The Bertz CT molecular complexity index is 855. The molecule has 0 aliphatic heterocycles.